The zero-order valence-electron chi connectivity index (χ0n) is 8.78. The lowest BCUT2D eigenvalue weighted by Crippen LogP contribution is -1.95. The van der Waals surface area contributed by atoms with Crippen molar-refractivity contribution >= 4 is 10.9 Å². The van der Waals surface area contributed by atoms with Crippen LogP contribution in [0.2, 0.25) is 0 Å². The number of aromatic nitrogens is 2. The molecule has 0 saturated carbocycles. The summed E-state index contributed by atoms with van der Waals surface area (Å²) < 4.78 is 0. The van der Waals surface area contributed by atoms with Crippen LogP contribution in [0.1, 0.15) is 30.9 Å². The van der Waals surface area contributed by atoms with Crippen molar-refractivity contribution in [2.24, 2.45) is 0 Å². The average molecular weight is 186 g/mol. The summed E-state index contributed by atoms with van der Waals surface area (Å²) in [6.07, 6.45) is 3.51. The minimum Gasteiger partial charge on any atom is -0.244 e. The Morgan fingerprint density at radius 1 is 1.21 bits per heavy atom. The predicted molar refractivity (Wildman–Crippen MR) is 58.4 cm³/mol. The molecule has 72 valence electrons. The highest BCUT2D eigenvalue weighted by molar-refractivity contribution is 5.82. The molecule has 2 heteroatoms. The van der Waals surface area contributed by atoms with Crippen molar-refractivity contribution in [1.29, 1.82) is 0 Å². The molecule has 0 bridgehead atoms. The molecular formula is C12H14N2. The lowest BCUT2D eigenvalue weighted by atomic mass is 9.94. The molecular weight excluding hydrogens is 172 g/mol. The summed E-state index contributed by atoms with van der Waals surface area (Å²) in [5, 5.41) is 1.18. The van der Waals surface area contributed by atoms with Crippen LogP contribution in [0.4, 0.5) is 0 Å². The number of rotatable bonds is 1. The summed E-state index contributed by atoms with van der Waals surface area (Å²) in [4.78, 5) is 8.34. The molecule has 14 heavy (non-hydrogen) atoms. The number of benzene rings is 1. The Kier molecular flexibility index (Phi) is 2.20. The van der Waals surface area contributed by atoms with Gasteiger partial charge in [0, 0.05) is 11.6 Å². The van der Waals surface area contributed by atoms with E-state index >= 15 is 0 Å². The molecule has 1 heterocycles. The summed E-state index contributed by atoms with van der Waals surface area (Å²) in [6, 6.07) is 4.18. The van der Waals surface area contributed by atoms with E-state index in [1.54, 1.807) is 6.33 Å². The molecule has 0 amide bonds. The third kappa shape index (κ3) is 1.37. The van der Waals surface area contributed by atoms with Gasteiger partial charge in [-0.25, -0.2) is 9.97 Å². The molecule has 0 N–H and O–H groups in total. The first kappa shape index (κ1) is 9.13. The summed E-state index contributed by atoms with van der Waals surface area (Å²) in [6.45, 7) is 6.55. The molecule has 1 aromatic heterocycles. The molecule has 0 aliphatic carbocycles. The van der Waals surface area contributed by atoms with Gasteiger partial charge in [0.2, 0.25) is 0 Å². The van der Waals surface area contributed by atoms with E-state index < -0.39 is 0 Å². The molecule has 2 nitrogen and oxygen atoms in total. The largest absolute Gasteiger partial charge is 0.244 e. The Morgan fingerprint density at radius 3 is 2.71 bits per heavy atom. The van der Waals surface area contributed by atoms with Crippen LogP contribution in [-0.2, 0) is 0 Å². The first-order chi connectivity index (χ1) is 6.70. The standard InChI is InChI=1S/C12H14N2/c1-8(2)12-9(3)4-5-11-10(12)6-13-7-14-11/h4-8H,1-3H3. The first-order valence-electron chi connectivity index (χ1n) is 4.89. The normalized spacial score (nSPS) is 11.1. The van der Waals surface area contributed by atoms with Gasteiger partial charge in [0.1, 0.15) is 6.33 Å². The van der Waals surface area contributed by atoms with Gasteiger partial charge in [0.15, 0.2) is 0 Å². The quantitative estimate of drug-likeness (QED) is 0.684. The van der Waals surface area contributed by atoms with Crippen molar-refractivity contribution in [3.8, 4) is 0 Å². The highest BCUT2D eigenvalue weighted by atomic mass is 14.8. The number of hydrogen-bond donors (Lipinski definition) is 0. The second-order valence-corrected chi connectivity index (χ2v) is 3.91. The average Bonchev–Trinajstić information content (AvgIpc) is 2.17. The fraction of sp³-hybridized carbons (Fsp3) is 0.333. The van der Waals surface area contributed by atoms with Crippen molar-refractivity contribution in [3.05, 3.63) is 35.8 Å². The van der Waals surface area contributed by atoms with E-state index in [1.165, 1.54) is 16.5 Å². The Hall–Kier alpha value is -1.44. The molecule has 2 rings (SSSR count). The van der Waals surface area contributed by atoms with Gasteiger partial charge in [-0.05, 0) is 30.0 Å². The molecule has 0 aliphatic rings. The van der Waals surface area contributed by atoms with Crippen LogP contribution >= 0.6 is 0 Å². The summed E-state index contributed by atoms with van der Waals surface area (Å²) >= 11 is 0. The van der Waals surface area contributed by atoms with E-state index in [0.717, 1.165) is 5.52 Å². The molecule has 0 spiro atoms. The van der Waals surface area contributed by atoms with Crippen LogP contribution in [0.25, 0.3) is 10.9 Å². The highest BCUT2D eigenvalue weighted by Crippen LogP contribution is 2.26. The van der Waals surface area contributed by atoms with Crippen LogP contribution in [-0.4, -0.2) is 9.97 Å². The third-order valence-corrected chi connectivity index (χ3v) is 2.53. The van der Waals surface area contributed by atoms with Crippen LogP contribution < -0.4 is 0 Å². The van der Waals surface area contributed by atoms with Crippen molar-refractivity contribution in [2.45, 2.75) is 26.7 Å². The Bertz CT molecular complexity index is 461. The fourth-order valence-electron chi connectivity index (χ4n) is 1.95. The van der Waals surface area contributed by atoms with E-state index in [2.05, 4.69) is 42.9 Å². The fourth-order valence-corrected chi connectivity index (χ4v) is 1.95. The monoisotopic (exact) mass is 186 g/mol. The maximum absolute atomic E-state index is 4.25. The molecule has 2 aromatic rings. The van der Waals surface area contributed by atoms with Gasteiger partial charge in [-0.3, -0.25) is 0 Å². The van der Waals surface area contributed by atoms with Crippen LogP contribution in [0.15, 0.2) is 24.7 Å². The predicted octanol–water partition coefficient (Wildman–Crippen LogP) is 3.06. The van der Waals surface area contributed by atoms with Crippen molar-refractivity contribution in [1.82, 2.24) is 9.97 Å². The number of nitrogens with zero attached hydrogens (tertiary/aromatic N) is 2. The molecule has 0 fully saturated rings. The van der Waals surface area contributed by atoms with Crippen LogP contribution in [0.3, 0.4) is 0 Å². The number of aryl methyl sites for hydroxylation is 1. The Morgan fingerprint density at radius 2 is 2.00 bits per heavy atom. The summed E-state index contributed by atoms with van der Waals surface area (Å²) in [7, 11) is 0. The molecule has 1 aromatic carbocycles. The minimum absolute atomic E-state index is 0.518. The molecule has 0 radical (unpaired) electrons. The molecule has 0 unspecified atom stereocenters. The topological polar surface area (TPSA) is 25.8 Å². The zero-order valence-corrected chi connectivity index (χ0v) is 8.78. The third-order valence-electron chi connectivity index (χ3n) is 2.53. The lowest BCUT2D eigenvalue weighted by Gasteiger charge is -2.12. The van der Waals surface area contributed by atoms with Gasteiger partial charge in [0.25, 0.3) is 0 Å². The molecule has 0 atom stereocenters. The highest BCUT2D eigenvalue weighted by Gasteiger charge is 2.08. The maximum Gasteiger partial charge on any atom is 0.116 e. The summed E-state index contributed by atoms with van der Waals surface area (Å²) in [5.41, 5.74) is 3.72. The lowest BCUT2D eigenvalue weighted by molar-refractivity contribution is 0.865. The van der Waals surface area contributed by atoms with E-state index in [-0.39, 0.29) is 0 Å². The number of fused-ring (bicyclic) bond motifs is 1. The Labute approximate surface area is 84.0 Å². The van der Waals surface area contributed by atoms with Crippen LogP contribution in [0.5, 0.6) is 0 Å². The van der Waals surface area contributed by atoms with E-state index in [0.29, 0.717) is 5.92 Å². The first-order valence-corrected chi connectivity index (χ1v) is 4.89. The van der Waals surface area contributed by atoms with E-state index in [4.69, 9.17) is 0 Å². The maximum atomic E-state index is 4.25. The van der Waals surface area contributed by atoms with Crippen molar-refractivity contribution in [2.75, 3.05) is 0 Å². The second kappa shape index (κ2) is 3.37. The van der Waals surface area contributed by atoms with Gasteiger partial charge < -0.3 is 0 Å². The molecule has 0 aliphatic heterocycles. The Balaban J connectivity index is 2.83. The van der Waals surface area contributed by atoms with Crippen LogP contribution in [0, 0.1) is 6.92 Å². The van der Waals surface area contributed by atoms with E-state index in [9.17, 15) is 0 Å². The van der Waals surface area contributed by atoms with Crippen molar-refractivity contribution in [3.63, 3.8) is 0 Å². The zero-order chi connectivity index (χ0) is 10.1. The molecule has 0 saturated heterocycles. The van der Waals surface area contributed by atoms with Gasteiger partial charge in [-0.2, -0.15) is 0 Å². The smallest absolute Gasteiger partial charge is 0.116 e. The number of hydrogen-bond acceptors (Lipinski definition) is 2. The summed E-state index contributed by atoms with van der Waals surface area (Å²) in [5.74, 6) is 0.518. The SMILES string of the molecule is Cc1ccc2ncncc2c1C(C)C. The van der Waals surface area contributed by atoms with E-state index in [1.807, 2.05) is 6.20 Å². The van der Waals surface area contributed by atoms with Gasteiger partial charge in [0.05, 0.1) is 5.52 Å². The van der Waals surface area contributed by atoms with Gasteiger partial charge >= 0.3 is 0 Å². The van der Waals surface area contributed by atoms with Gasteiger partial charge in [-0.15, -0.1) is 0 Å². The van der Waals surface area contributed by atoms with Crippen molar-refractivity contribution < 1.29 is 0 Å². The minimum atomic E-state index is 0.518. The van der Waals surface area contributed by atoms with Gasteiger partial charge in [-0.1, -0.05) is 19.9 Å². The second-order valence-electron chi connectivity index (χ2n) is 3.91.